The number of hydrogen-bond donors (Lipinski definition) is 1. The summed E-state index contributed by atoms with van der Waals surface area (Å²) in [6.07, 6.45) is 2.67. The maximum Gasteiger partial charge on any atom is 0.138 e. The lowest BCUT2D eigenvalue weighted by atomic mass is 9.99. The number of aromatic nitrogens is 1. The maximum atomic E-state index is 5.24. The molecule has 1 unspecified atom stereocenters. The molecule has 0 spiro atoms. The number of nitrogens with zero attached hydrogens (tertiary/aromatic N) is 2. The molecule has 18 heavy (non-hydrogen) atoms. The normalized spacial score (nSPS) is 20.6. The van der Waals surface area contributed by atoms with E-state index >= 15 is 0 Å². The first-order valence-electron chi connectivity index (χ1n) is 7.05. The van der Waals surface area contributed by atoms with Crippen LogP contribution in [0.2, 0.25) is 0 Å². The average molecular weight is 251 g/mol. The fourth-order valence-electron chi connectivity index (χ4n) is 2.70. The lowest BCUT2D eigenvalue weighted by molar-refractivity contribution is 0.208. The minimum absolute atomic E-state index is 0.791. The molecule has 1 aliphatic rings. The molecular weight excluding hydrogens is 226 g/mol. The summed E-state index contributed by atoms with van der Waals surface area (Å²) >= 11 is 0. The Kier molecular flexibility index (Phi) is 4.78. The Balaban J connectivity index is 1.92. The Morgan fingerprint density at radius 1 is 1.44 bits per heavy atom. The molecular formula is C14H25N3O. The number of rotatable bonds is 5. The molecule has 1 fully saturated rings. The van der Waals surface area contributed by atoms with E-state index in [4.69, 9.17) is 4.52 Å². The first-order valence-corrected chi connectivity index (χ1v) is 7.05. The quantitative estimate of drug-likeness (QED) is 0.870. The molecule has 0 radical (unpaired) electrons. The van der Waals surface area contributed by atoms with Gasteiger partial charge in [-0.2, -0.15) is 0 Å². The molecule has 0 aromatic carbocycles. The van der Waals surface area contributed by atoms with E-state index in [9.17, 15) is 0 Å². The highest BCUT2D eigenvalue weighted by molar-refractivity contribution is 5.20. The lowest BCUT2D eigenvalue weighted by Crippen LogP contribution is -2.38. The van der Waals surface area contributed by atoms with Crippen molar-refractivity contribution >= 4 is 0 Å². The molecule has 0 amide bonds. The van der Waals surface area contributed by atoms with Gasteiger partial charge in [-0.25, -0.2) is 0 Å². The van der Waals surface area contributed by atoms with E-state index in [0.717, 1.165) is 37.0 Å². The summed E-state index contributed by atoms with van der Waals surface area (Å²) in [7, 11) is 0. The summed E-state index contributed by atoms with van der Waals surface area (Å²) in [5.74, 6) is 1.76. The van der Waals surface area contributed by atoms with E-state index in [1.54, 1.807) is 0 Å². The molecule has 0 saturated carbocycles. The summed E-state index contributed by atoms with van der Waals surface area (Å²) in [6.45, 7) is 11.8. The fraction of sp³-hybridized carbons (Fsp3) is 0.786. The Morgan fingerprint density at radius 2 is 2.28 bits per heavy atom. The molecule has 1 aromatic rings. The van der Waals surface area contributed by atoms with Crippen LogP contribution in [0.25, 0.3) is 0 Å². The van der Waals surface area contributed by atoms with Crippen LogP contribution in [0.4, 0.5) is 0 Å². The summed E-state index contributed by atoms with van der Waals surface area (Å²) in [6, 6.07) is 0. The summed E-state index contributed by atoms with van der Waals surface area (Å²) in [5.41, 5.74) is 2.30. The number of hydrogen-bond acceptors (Lipinski definition) is 4. The highest BCUT2D eigenvalue weighted by atomic mass is 16.5. The molecule has 0 aliphatic carbocycles. The van der Waals surface area contributed by atoms with Crippen molar-refractivity contribution in [3.63, 3.8) is 0 Å². The van der Waals surface area contributed by atoms with Crippen LogP contribution < -0.4 is 5.32 Å². The topological polar surface area (TPSA) is 41.3 Å². The fourth-order valence-corrected chi connectivity index (χ4v) is 2.70. The average Bonchev–Trinajstić information content (AvgIpc) is 2.70. The first-order chi connectivity index (χ1) is 8.70. The van der Waals surface area contributed by atoms with Gasteiger partial charge in [0, 0.05) is 18.7 Å². The number of aryl methyl sites for hydroxylation is 2. The van der Waals surface area contributed by atoms with Gasteiger partial charge in [0.1, 0.15) is 5.76 Å². The Bertz CT molecular complexity index is 350. The van der Waals surface area contributed by atoms with Crippen LogP contribution in [0.1, 0.15) is 36.8 Å². The minimum atomic E-state index is 0.791. The SMILES string of the molecule is CCN(Cc1c(C)noc1C)CC1CCCNC1. The standard InChI is InChI=1S/C14H25N3O/c1-4-17(9-13-6-5-7-15-8-13)10-14-11(2)16-18-12(14)3/h13,15H,4-10H2,1-3H3. The van der Waals surface area contributed by atoms with Gasteiger partial charge in [0.15, 0.2) is 0 Å². The molecule has 1 atom stereocenters. The van der Waals surface area contributed by atoms with Gasteiger partial charge in [0.25, 0.3) is 0 Å². The third-order valence-electron chi connectivity index (χ3n) is 3.93. The van der Waals surface area contributed by atoms with Crippen molar-refractivity contribution in [1.82, 2.24) is 15.4 Å². The van der Waals surface area contributed by atoms with Crippen molar-refractivity contribution < 1.29 is 4.52 Å². The van der Waals surface area contributed by atoms with E-state index in [1.807, 2.05) is 13.8 Å². The lowest BCUT2D eigenvalue weighted by Gasteiger charge is -2.29. The van der Waals surface area contributed by atoms with E-state index in [0.29, 0.717) is 0 Å². The van der Waals surface area contributed by atoms with Crippen molar-refractivity contribution in [2.75, 3.05) is 26.2 Å². The predicted octanol–water partition coefficient (Wildman–Crippen LogP) is 2.11. The van der Waals surface area contributed by atoms with Crippen LogP contribution in [-0.2, 0) is 6.54 Å². The zero-order valence-corrected chi connectivity index (χ0v) is 11.8. The van der Waals surface area contributed by atoms with Crippen molar-refractivity contribution in [3.05, 3.63) is 17.0 Å². The van der Waals surface area contributed by atoms with Gasteiger partial charge in [0.05, 0.1) is 5.69 Å². The van der Waals surface area contributed by atoms with Crippen molar-refractivity contribution in [1.29, 1.82) is 0 Å². The van der Waals surface area contributed by atoms with Gasteiger partial charge in [0.2, 0.25) is 0 Å². The maximum absolute atomic E-state index is 5.24. The Hall–Kier alpha value is -0.870. The summed E-state index contributed by atoms with van der Waals surface area (Å²) in [5, 5.41) is 7.52. The Labute approximate surface area is 110 Å². The van der Waals surface area contributed by atoms with Gasteiger partial charge < -0.3 is 9.84 Å². The van der Waals surface area contributed by atoms with Gasteiger partial charge in [-0.15, -0.1) is 0 Å². The molecule has 2 heterocycles. The summed E-state index contributed by atoms with van der Waals surface area (Å²) < 4.78 is 5.24. The zero-order valence-electron chi connectivity index (χ0n) is 11.8. The molecule has 102 valence electrons. The van der Waals surface area contributed by atoms with E-state index in [-0.39, 0.29) is 0 Å². The first kappa shape index (κ1) is 13.6. The highest BCUT2D eigenvalue weighted by Crippen LogP contribution is 2.17. The van der Waals surface area contributed by atoms with Crippen LogP contribution in [0.15, 0.2) is 4.52 Å². The monoisotopic (exact) mass is 251 g/mol. The largest absolute Gasteiger partial charge is 0.361 e. The third-order valence-corrected chi connectivity index (χ3v) is 3.93. The van der Waals surface area contributed by atoms with Crippen molar-refractivity contribution in [3.8, 4) is 0 Å². The van der Waals surface area contributed by atoms with E-state index in [1.165, 1.54) is 31.5 Å². The Morgan fingerprint density at radius 3 is 2.83 bits per heavy atom. The zero-order chi connectivity index (χ0) is 13.0. The molecule has 4 heteroatoms. The van der Waals surface area contributed by atoms with Gasteiger partial charge in [-0.05, 0) is 52.2 Å². The molecule has 1 N–H and O–H groups in total. The van der Waals surface area contributed by atoms with E-state index in [2.05, 4.69) is 22.3 Å². The second kappa shape index (κ2) is 6.34. The summed E-state index contributed by atoms with van der Waals surface area (Å²) in [4.78, 5) is 2.50. The smallest absolute Gasteiger partial charge is 0.138 e. The molecule has 4 nitrogen and oxygen atoms in total. The number of nitrogens with one attached hydrogen (secondary N) is 1. The predicted molar refractivity (Wildman–Crippen MR) is 72.5 cm³/mol. The van der Waals surface area contributed by atoms with Crippen LogP contribution in [0, 0.1) is 19.8 Å². The van der Waals surface area contributed by atoms with Crippen LogP contribution in [-0.4, -0.2) is 36.2 Å². The third kappa shape index (κ3) is 3.33. The highest BCUT2D eigenvalue weighted by Gasteiger charge is 2.18. The molecule has 1 aromatic heterocycles. The van der Waals surface area contributed by atoms with E-state index < -0.39 is 0 Å². The molecule has 0 bridgehead atoms. The second-order valence-electron chi connectivity index (χ2n) is 5.34. The van der Waals surface area contributed by atoms with Crippen molar-refractivity contribution in [2.24, 2.45) is 5.92 Å². The minimum Gasteiger partial charge on any atom is -0.361 e. The molecule has 1 saturated heterocycles. The van der Waals surface area contributed by atoms with Crippen molar-refractivity contribution in [2.45, 2.75) is 40.2 Å². The van der Waals surface area contributed by atoms with Gasteiger partial charge >= 0.3 is 0 Å². The second-order valence-corrected chi connectivity index (χ2v) is 5.34. The van der Waals surface area contributed by atoms with Crippen LogP contribution in [0.3, 0.4) is 0 Å². The van der Waals surface area contributed by atoms with Gasteiger partial charge in [-0.1, -0.05) is 12.1 Å². The van der Waals surface area contributed by atoms with Gasteiger partial charge in [-0.3, -0.25) is 4.90 Å². The molecule has 1 aliphatic heterocycles. The van der Waals surface area contributed by atoms with Crippen LogP contribution >= 0.6 is 0 Å². The number of piperidine rings is 1. The van der Waals surface area contributed by atoms with Crippen LogP contribution in [0.5, 0.6) is 0 Å². The molecule has 2 rings (SSSR count).